The van der Waals surface area contributed by atoms with Crippen LogP contribution in [0.25, 0.3) is 21.3 Å². The second-order valence-electron chi connectivity index (χ2n) is 6.38. The van der Waals surface area contributed by atoms with Crippen LogP contribution in [-0.4, -0.2) is 23.1 Å². The van der Waals surface area contributed by atoms with Gasteiger partial charge >= 0.3 is 0 Å². The number of aromatic nitrogens is 2. The largest absolute Gasteiger partial charge is 0.356 e. The number of rotatable bonds is 6. The van der Waals surface area contributed by atoms with Crippen molar-refractivity contribution >= 4 is 39.0 Å². The topological polar surface area (TPSA) is 29.0 Å². The summed E-state index contributed by atoms with van der Waals surface area (Å²) in [6.07, 6.45) is 2.15. The molecule has 2 heterocycles. The molecule has 0 bridgehead atoms. The lowest BCUT2D eigenvalue weighted by molar-refractivity contribution is 0.736. The third kappa shape index (κ3) is 3.65. The molecule has 25 heavy (non-hydrogen) atoms. The standard InChI is InChI=1S/C20H24ClN3S/c1-5-11-24(12-6-2)18-17-16(15-9-7-13(3)8-10-15)14(4)25-19(17)23-20(21)22-18/h7-10H,5-6,11-12H2,1-4H3. The predicted octanol–water partition coefficient (Wildman–Crippen LogP) is 6.25. The van der Waals surface area contributed by atoms with Crippen LogP contribution in [0.2, 0.25) is 5.28 Å². The molecule has 3 aromatic rings. The van der Waals surface area contributed by atoms with E-state index in [2.05, 4.69) is 66.8 Å². The van der Waals surface area contributed by atoms with Gasteiger partial charge in [0.1, 0.15) is 10.6 Å². The highest BCUT2D eigenvalue weighted by Gasteiger charge is 2.21. The Balaban J connectivity index is 2.27. The average Bonchev–Trinajstić information content (AvgIpc) is 2.90. The molecule has 0 radical (unpaired) electrons. The number of fused-ring (bicyclic) bond motifs is 1. The van der Waals surface area contributed by atoms with Crippen LogP contribution in [0, 0.1) is 13.8 Å². The third-order valence-electron chi connectivity index (χ3n) is 4.31. The van der Waals surface area contributed by atoms with Crippen molar-refractivity contribution in [2.45, 2.75) is 40.5 Å². The third-order valence-corrected chi connectivity index (χ3v) is 5.48. The van der Waals surface area contributed by atoms with Crippen LogP contribution in [0.1, 0.15) is 37.1 Å². The highest BCUT2D eigenvalue weighted by Crippen LogP contribution is 2.42. The summed E-state index contributed by atoms with van der Waals surface area (Å²) in [4.78, 5) is 13.7. The highest BCUT2D eigenvalue weighted by molar-refractivity contribution is 7.19. The van der Waals surface area contributed by atoms with Crippen molar-refractivity contribution < 1.29 is 0 Å². The molecule has 0 saturated carbocycles. The molecule has 0 fully saturated rings. The highest BCUT2D eigenvalue weighted by atomic mass is 35.5. The Hall–Kier alpha value is -1.65. The molecular formula is C20H24ClN3S. The lowest BCUT2D eigenvalue weighted by atomic mass is 10.0. The first-order valence-corrected chi connectivity index (χ1v) is 10.0. The minimum atomic E-state index is 0.330. The van der Waals surface area contributed by atoms with E-state index in [1.807, 2.05) is 0 Å². The smallest absolute Gasteiger partial charge is 0.225 e. The minimum Gasteiger partial charge on any atom is -0.356 e. The zero-order valence-electron chi connectivity index (χ0n) is 15.3. The monoisotopic (exact) mass is 373 g/mol. The Morgan fingerprint density at radius 3 is 2.24 bits per heavy atom. The predicted molar refractivity (Wildman–Crippen MR) is 110 cm³/mol. The zero-order valence-corrected chi connectivity index (χ0v) is 16.8. The Morgan fingerprint density at radius 1 is 1.00 bits per heavy atom. The molecule has 3 rings (SSSR count). The zero-order chi connectivity index (χ0) is 18.0. The van der Waals surface area contributed by atoms with E-state index in [0.29, 0.717) is 5.28 Å². The van der Waals surface area contributed by atoms with Crippen LogP contribution >= 0.6 is 22.9 Å². The summed E-state index contributed by atoms with van der Waals surface area (Å²) < 4.78 is 0. The fraction of sp³-hybridized carbons (Fsp3) is 0.400. The summed E-state index contributed by atoms with van der Waals surface area (Å²) in [6, 6.07) is 8.69. The summed E-state index contributed by atoms with van der Waals surface area (Å²) in [5, 5.41) is 1.47. The van der Waals surface area contributed by atoms with Crippen LogP contribution in [-0.2, 0) is 0 Å². The van der Waals surface area contributed by atoms with Crippen molar-refractivity contribution in [3.63, 3.8) is 0 Å². The van der Waals surface area contributed by atoms with Crippen molar-refractivity contribution in [1.29, 1.82) is 0 Å². The molecule has 1 aromatic carbocycles. The van der Waals surface area contributed by atoms with Crippen LogP contribution in [0.5, 0.6) is 0 Å². The van der Waals surface area contributed by atoms with Gasteiger partial charge in [-0.25, -0.2) is 4.98 Å². The Bertz CT molecular complexity index is 865. The van der Waals surface area contributed by atoms with E-state index >= 15 is 0 Å². The Labute approximate surface area is 158 Å². The maximum Gasteiger partial charge on any atom is 0.225 e. The van der Waals surface area contributed by atoms with Crippen molar-refractivity contribution in [3.8, 4) is 11.1 Å². The van der Waals surface area contributed by atoms with E-state index in [9.17, 15) is 0 Å². The minimum absolute atomic E-state index is 0.330. The molecule has 0 atom stereocenters. The Morgan fingerprint density at radius 2 is 1.64 bits per heavy atom. The molecule has 0 saturated heterocycles. The van der Waals surface area contributed by atoms with Crippen LogP contribution in [0.4, 0.5) is 5.82 Å². The van der Waals surface area contributed by atoms with Crippen LogP contribution < -0.4 is 4.90 Å². The summed E-state index contributed by atoms with van der Waals surface area (Å²) >= 11 is 7.95. The SMILES string of the molecule is CCCN(CCC)c1nc(Cl)nc2sc(C)c(-c3ccc(C)cc3)c12. The number of hydrogen-bond donors (Lipinski definition) is 0. The first kappa shape index (κ1) is 18.2. The summed E-state index contributed by atoms with van der Waals surface area (Å²) in [6.45, 7) is 10.6. The van der Waals surface area contributed by atoms with Gasteiger partial charge in [0.15, 0.2) is 0 Å². The van der Waals surface area contributed by atoms with Gasteiger partial charge in [-0.15, -0.1) is 11.3 Å². The van der Waals surface area contributed by atoms with Crippen molar-refractivity contribution in [2.75, 3.05) is 18.0 Å². The van der Waals surface area contributed by atoms with E-state index in [1.165, 1.54) is 21.6 Å². The van der Waals surface area contributed by atoms with E-state index in [-0.39, 0.29) is 0 Å². The van der Waals surface area contributed by atoms with Crippen molar-refractivity contribution in [2.24, 2.45) is 0 Å². The van der Waals surface area contributed by atoms with Crippen LogP contribution in [0.3, 0.4) is 0 Å². The van der Waals surface area contributed by atoms with Gasteiger partial charge in [-0.3, -0.25) is 0 Å². The van der Waals surface area contributed by atoms with Gasteiger partial charge in [0.05, 0.1) is 5.39 Å². The summed E-state index contributed by atoms with van der Waals surface area (Å²) in [5.74, 6) is 0.971. The van der Waals surface area contributed by atoms with Crippen LogP contribution in [0.15, 0.2) is 24.3 Å². The Kier molecular flexibility index (Phi) is 5.60. The number of anilines is 1. The average molecular weight is 374 g/mol. The van der Waals surface area contributed by atoms with E-state index in [0.717, 1.165) is 42.0 Å². The molecule has 3 nitrogen and oxygen atoms in total. The van der Waals surface area contributed by atoms with E-state index in [1.54, 1.807) is 11.3 Å². The van der Waals surface area contributed by atoms with Crippen molar-refractivity contribution in [3.05, 3.63) is 40.0 Å². The normalized spacial score (nSPS) is 11.2. The van der Waals surface area contributed by atoms with E-state index in [4.69, 9.17) is 11.6 Å². The molecule has 0 aliphatic rings. The van der Waals surface area contributed by atoms with Gasteiger partial charge in [0, 0.05) is 23.5 Å². The summed E-state index contributed by atoms with van der Waals surface area (Å²) in [5.41, 5.74) is 3.72. The number of thiophene rings is 1. The quantitative estimate of drug-likeness (QED) is 0.478. The fourth-order valence-electron chi connectivity index (χ4n) is 3.23. The first-order valence-electron chi connectivity index (χ1n) is 8.83. The molecule has 0 aliphatic carbocycles. The van der Waals surface area contributed by atoms with Gasteiger partial charge in [0.2, 0.25) is 5.28 Å². The molecule has 0 N–H and O–H groups in total. The van der Waals surface area contributed by atoms with Crippen molar-refractivity contribution in [1.82, 2.24) is 9.97 Å². The molecular weight excluding hydrogens is 350 g/mol. The second-order valence-corrected chi connectivity index (χ2v) is 7.92. The molecule has 0 unspecified atom stereocenters. The maximum atomic E-state index is 6.25. The first-order chi connectivity index (χ1) is 12.0. The van der Waals surface area contributed by atoms with Gasteiger partial charge in [-0.1, -0.05) is 43.7 Å². The molecule has 5 heteroatoms. The van der Waals surface area contributed by atoms with Gasteiger partial charge in [0.25, 0.3) is 0 Å². The van der Waals surface area contributed by atoms with E-state index < -0.39 is 0 Å². The van der Waals surface area contributed by atoms with Gasteiger partial charge < -0.3 is 4.90 Å². The second kappa shape index (κ2) is 7.71. The number of nitrogens with zero attached hydrogens (tertiary/aromatic N) is 3. The lowest BCUT2D eigenvalue weighted by Gasteiger charge is -2.24. The number of benzene rings is 1. The number of aryl methyl sites for hydroxylation is 2. The number of hydrogen-bond acceptors (Lipinski definition) is 4. The molecule has 0 amide bonds. The molecule has 0 aliphatic heterocycles. The summed E-state index contributed by atoms with van der Waals surface area (Å²) in [7, 11) is 0. The van der Waals surface area contributed by atoms with Gasteiger partial charge in [-0.2, -0.15) is 4.98 Å². The van der Waals surface area contributed by atoms with Gasteiger partial charge in [-0.05, 0) is 43.9 Å². The molecule has 0 spiro atoms. The lowest BCUT2D eigenvalue weighted by Crippen LogP contribution is -2.26. The number of halogens is 1. The molecule has 2 aromatic heterocycles. The fourth-order valence-corrected chi connectivity index (χ4v) is 4.48. The maximum absolute atomic E-state index is 6.25. The molecule has 132 valence electrons.